The number of amides is 1. The lowest BCUT2D eigenvalue weighted by Gasteiger charge is -2.04. The van der Waals surface area contributed by atoms with Crippen molar-refractivity contribution in [3.63, 3.8) is 0 Å². The number of nitrogens with zero attached hydrogens (tertiary/aromatic N) is 2. The van der Waals surface area contributed by atoms with Gasteiger partial charge in [-0.2, -0.15) is 0 Å². The van der Waals surface area contributed by atoms with Gasteiger partial charge in [0.15, 0.2) is 4.34 Å². The zero-order valence-electron chi connectivity index (χ0n) is 14.6. The van der Waals surface area contributed by atoms with Crippen molar-refractivity contribution in [3.05, 3.63) is 65.2 Å². The fourth-order valence-corrected chi connectivity index (χ4v) is 3.89. The maximum Gasteiger partial charge on any atom is 0.257 e. The van der Waals surface area contributed by atoms with Gasteiger partial charge in [-0.15, -0.1) is 10.2 Å². The van der Waals surface area contributed by atoms with Crippen LogP contribution in [-0.4, -0.2) is 22.7 Å². The molecule has 3 aromatic rings. The van der Waals surface area contributed by atoms with Crippen LogP contribution in [-0.2, 0) is 5.75 Å². The molecule has 0 saturated carbocycles. The van der Waals surface area contributed by atoms with Crippen LogP contribution in [0.4, 0.5) is 5.13 Å². The molecule has 0 fully saturated rings. The fourth-order valence-electron chi connectivity index (χ4n) is 2.19. The van der Waals surface area contributed by atoms with Gasteiger partial charge >= 0.3 is 0 Å². The zero-order valence-corrected chi connectivity index (χ0v) is 16.2. The Kier molecular flexibility index (Phi) is 6.25. The second-order valence-electron chi connectivity index (χ2n) is 5.56. The predicted molar refractivity (Wildman–Crippen MR) is 106 cm³/mol. The van der Waals surface area contributed by atoms with E-state index in [-0.39, 0.29) is 5.91 Å². The molecule has 1 heterocycles. The van der Waals surface area contributed by atoms with Crippen LogP contribution in [0, 0.1) is 6.92 Å². The van der Waals surface area contributed by atoms with Crippen molar-refractivity contribution in [2.45, 2.75) is 23.9 Å². The lowest BCUT2D eigenvalue weighted by Crippen LogP contribution is -2.11. The fraction of sp³-hybridized carbons (Fsp3) is 0.211. The van der Waals surface area contributed by atoms with Crippen molar-refractivity contribution in [1.29, 1.82) is 0 Å². The van der Waals surface area contributed by atoms with Crippen LogP contribution in [0.3, 0.4) is 0 Å². The molecular weight excluding hydrogens is 366 g/mol. The Morgan fingerprint density at radius 3 is 2.54 bits per heavy atom. The van der Waals surface area contributed by atoms with E-state index in [0.29, 0.717) is 17.3 Å². The van der Waals surface area contributed by atoms with E-state index in [1.165, 1.54) is 22.5 Å². The van der Waals surface area contributed by atoms with Crippen molar-refractivity contribution < 1.29 is 9.53 Å². The van der Waals surface area contributed by atoms with E-state index in [1.807, 2.05) is 6.92 Å². The highest BCUT2D eigenvalue weighted by molar-refractivity contribution is 8.00. The molecule has 2 aromatic carbocycles. The minimum absolute atomic E-state index is 0.209. The van der Waals surface area contributed by atoms with Gasteiger partial charge in [0.1, 0.15) is 5.75 Å². The molecule has 5 nitrogen and oxygen atoms in total. The van der Waals surface area contributed by atoms with E-state index < -0.39 is 0 Å². The molecule has 3 rings (SSSR count). The SMILES string of the molecule is CCOc1ccc(C(=O)Nc2nnc(SCc3ccc(C)cc3)s2)cc1. The van der Waals surface area contributed by atoms with Gasteiger partial charge < -0.3 is 4.74 Å². The number of ether oxygens (including phenoxy) is 1. The van der Waals surface area contributed by atoms with Crippen molar-refractivity contribution in [3.8, 4) is 5.75 Å². The average molecular weight is 386 g/mol. The molecular formula is C19H19N3O2S2. The summed E-state index contributed by atoms with van der Waals surface area (Å²) < 4.78 is 6.20. The average Bonchev–Trinajstić information content (AvgIpc) is 3.09. The van der Waals surface area contributed by atoms with E-state index in [9.17, 15) is 4.79 Å². The van der Waals surface area contributed by atoms with Gasteiger partial charge in [-0.25, -0.2) is 0 Å². The number of benzene rings is 2. The zero-order chi connectivity index (χ0) is 18.4. The third kappa shape index (κ3) is 5.06. The van der Waals surface area contributed by atoms with Crippen LogP contribution in [0.15, 0.2) is 52.9 Å². The molecule has 26 heavy (non-hydrogen) atoms. The molecule has 0 radical (unpaired) electrons. The molecule has 1 aromatic heterocycles. The summed E-state index contributed by atoms with van der Waals surface area (Å²) in [5.41, 5.74) is 3.03. The Labute approximate surface area is 160 Å². The van der Waals surface area contributed by atoms with Gasteiger partial charge in [-0.05, 0) is 43.7 Å². The number of aromatic nitrogens is 2. The summed E-state index contributed by atoms with van der Waals surface area (Å²) in [6.07, 6.45) is 0. The van der Waals surface area contributed by atoms with Crippen molar-refractivity contribution in [2.75, 3.05) is 11.9 Å². The maximum absolute atomic E-state index is 12.3. The Bertz CT molecular complexity index is 861. The van der Waals surface area contributed by atoms with Crippen LogP contribution < -0.4 is 10.1 Å². The van der Waals surface area contributed by atoms with E-state index in [2.05, 4.69) is 46.7 Å². The largest absolute Gasteiger partial charge is 0.494 e. The Morgan fingerprint density at radius 1 is 1.12 bits per heavy atom. The summed E-state index contributed by atoms with van der Waals surface area (Å²) >= 11 is 2.98. The monoisotopic (exact) mass is 385 g/mol. The van der Waals surface area contributed by atoms with Crippen LogP contribution in [0.25, 0.3) is 0 Å². The highest BCUT2D eigenvalue weighted by Crippen LogP contribution is 2.28. The predicted octanol–water partition coefficient (Wildman–Crippen LogP) is 4.79. The molecule has 0 bridgehead atoms. The van der Waals surface area contributed by atoms with Crippen molar-refractivity contribution in [2.24, 2.45) is 0 Å². The first-order valence-corrected chi connectivity index (χ1v) is 10.0. The number of carbonyl (C=O) groups excluding carboxylic acids is 1. The lowest BCUT2D eigenvalue weighted by molar-refractivity contribution is 0.102. The molecule has 0 spiro atoms. The molecule has 0 saturated heterocycles. The minimum atomic E-state index is -0.209. The van der Waals surface area contributed by atoms with Crippen molar-refractivity contribution >= 4 is 34.1 Å². The Morgan fingerprint density at radius 2 is 1.85 bits per heavy atom. The Balaban J connectivity index is 1.55. The number of hydrogen-bond acceptors (Lipinski definition) is 6. The normalized spacial score (nSPS) is 10.5. The van der Waals surface area contributed by atoms with Crippen LogP contribution in [0.2, 0.25) is 0 Å². The van der Waals surface area contributed by atoms with Crippen LogP contribution in [0.5, 0.6) is 5.75 Å². The van der Waals surface area contributed by atoms with Gasteiger partial charge in [0.25, 0.3) is 5.91 Å². The van der Waals surface area contributed by atoms with Gasteiger partial charge in [0.2, 0.25) is 5.13 Å². The first kappa shape index (κ1) is 18.4. The van der Waals surface area contributed by atoms with Crippen LogP contribution >= 0.6 is 23.1 Å². The van der Waals surface area contributed by atoms with Crippen LogP contribution in [0.1, 0.15) is 28.4 Å². The van der Waals surface area contributed by atoms with E-state index in [4.69, 9.17) is 4.74 Å². The number of rotatable bonds is 7. The molecule has 0 unspecified atom stereocenters. The number of nitrogens with one attached hydrogen (secondary N) is 1. The first-order chi connectivity index (χ1) is 12.6. The molecule has 0 atom stereocenters. The number of aryl methyl sites for hydroxylation is 1. The molecule has 0 aliphatic carbocycles. The summed E-state index contributed by atoms with van der Waals surface area (Å²) in [6, 6.07) is 15.4. The maximum atomic E-state index is 12.3. The summed E-state index contributed by atoms with van der Waals surface area (Å²) in [5, 5.41) is 11.5. The van der Waals surface area contributed by atoms with Crippen molar-refractivity contribution in [1.82, 2.24) is 10.2 Å². The van der Waals surface area contributed by atoms with E-state index >= 15 is 0 Å². The third-order valence-corrected chi connectivity index (χ3v) is 5.58. The Hall–Kier alpha value is -2.38. The summed E-state index contributed by atoms with van der Waals surface area (Å²) in [5.74, 6) is 1.36. The number of anilines is 1. The third-order valence-electron chi connectivity index (χ3n) is 3.54. The second-order valence-corrected chi connectivity index (χ2v) is 7.76. The molecule has 0 aliphatic heterocycles. The summed E-state index contributed by atoms with van der Waals surface area (Å²) in [4.78, 5) is 12.3. The molecule has 7 heteroatoms. The number of thioether (sulfide) groups is 1. The molecule has 134 valence electrons. The first-order valence-electron chi connectivity index (χ1n) is 8.20. The highest BCUT2D eigenvalue weighted by Gasteiger charge is 2.11. The molecule has 1 N–H and O–H groups in total. The van der Waals surface area contributed by atoms with Gasteiger partial charge in [0.05, 0.1) is 6.61 Å². The minimum Gasteiger partial charge on any atom is -0.494 e. The van der Waals surface area contributed by atoms with Gasteiger partial charge in [-0.1, -0.05) is 52.9 Å². The standard InChI is InChI=1S/C19H19N3O2S2/c1-3-24-16-10-8-15(9-11-16)17(23)20-18-21-22-19(26-18)25-12-14-6-4-13(2)5-7-14/h4-11H,3,12H2,1-2H3,(H,20,21,23). The highest BCUT2D eigenvalue weighted by atomic mass is 32.2. The smallest absolute Gasteiger partial charge is 0.257 e. The summed E-state index contributed by atoms with van der Waals surface area (Å²) in [6.45, 7) is 4.59. The summed E-state index contributed by atoms with van der Waals surface area (Å²) in [7, 11) is 0. The molecule has 1 amide bonds. The topological polar surface area (TPSA) is 64.1 Å². The molecule has 0 aliphatic rings. The number of hydrogen-bond donors (Lipinski definition) is 1. The quantitative estimate of drug-likeness (QED) is 0.468. The van der Waals surface area contributed by atoms with E-state index in [0.717, 1.165) is 15.8 Å². The second kappa shape index (κ2) is 8.82. The van der Waals surface area contributed by atoms with Gasteiger partial charge in [0, 0.05) is 11.3 Å². The lowest BCUT2D eigenvalue weighted by atomic mass is 10.2. The number of carbonyl (C=O) groups is 1. The van der Waals surface area contributed by atoms with Gasteiger partial charge in [-0.3, -0.25) is 10.1 Å². The van der Waals surface area contributed by atoms with E-state index in [1.54, 1.807) is 36.0 Å².